The molecule has 3 heteroatoms. The Morgan fingerprint density at radius 3 is 2.58 bits per heavy atom. The maximum absolute atomic E-state index is 9.37. The Morgan fingerprint density at radius 1 is 1.50 bits per heavy atom. The molecule has 3 N–H and O–H groups in total. The second-order valence-corrected chi connectivity index (χ2v) is 3.80. The predicted octanol–water partition coefficient (Wildman–Crippen LogP) is 2.48. The standard InChI is InChI=1S/C9H12BrNO/c1-5-3-8(10)9(12)4-7(5)6(2)11/h3-4,6,12H,11H2,1-2H3. The van der Waals surface area contributed by atoms with Gasteiger partial charge in [0.1, 0.15) is 5.75 Å². The number of nitrogens with two attached hydrogens (primary N) is 1. The molecule has 0 heterocycles. The molecule has 1 rings (SSSR count). The Morgan fingerprint density at radius 2 is 2.08 bits per heavy atom. The molecule has 0 fully saturated rings. The molecule has 0 aliphatic carbocycles. The SMILES string of the molecule is Cc1cc(Br)c(O)cc1C(C)N. The number of phenols is 1. The lowest BCUT2D eigenvalue weighted by molar-refractivity contribution is 0.470. The van der Waals surface area contributed by atoms with Crippen LogP contribution in [0.3, 0.4) is 0 Å². The highest BCUT2D eigenvalue weighted by molar-refractivity contribution is 9.10. The average Bonchev–Trinajstić information content (AvgIpc) is 1.96. The summed E-state index contributed by atoms with van der Waals surface area (Å²) in [6.45, 7) is 3.87. The van der Waals surface area contributed by atoms with E-state index in [1.165, 1.54) is 0 Å². The van der Waals surface area contributed by atoms with Crippen LogP contribution >= 0.6 is 15.9 Å². The van der Waals surface area contributed by atoms with Crippen LogP contribution in [0.2, 0.25) is 0 Å². The Labute approximate surface area is 80.5 Å². The Bertz CT molecular complexity index is 297. The first kappa shape index (κ1) is 9.55. The van der Waals surface area contributed by atoms with Crippen molar-refractivity contribution < 1.29 is 5.11 Å². The molecule has 0 bridgehead atoms. The van der Waals surface area contributed by atoms with Gasteiger partial charge in [-0.25, -0.2) is 0 Å². The highest BCUT2D eigenvalue weighted by Crippen LogP contribution is 2.29. The summed E-state index contributed by atoms with van der Waals surface area (Å²) in [7, 11) is 0. The zero-order chi connectivity index (χ0) is 9.30. The fraction of sp³-hybridized carbons (Fsp3) is 0.333. The summed E-state index contributed by atoms with van der Waals surface area (Å²) in [4.78, 5) is 0. The fourth-order valence-electron chi connectivity index (χ4n) is 1.17. The highest BCUT2D eigenvalue weighted by atomic mass is 79.9. The van der Waals surface area contributed by atoms with Crippen molar-refractivity contribution >= 4 is 15.9 Å². The van der Waals surface area contributed by atoms with E-state index in [1.54, 1.807) is 6.07 Å². The molecule has 0 spiro atoms. The molecule has 0 aliphatic heterocycles. The van der Waals surface area contributed by atoms with Crippen LogP contribution in [0, 0.1) is 6.92 Å². The molecular weight excluding hydrogens is 218 g/mol. The van der Waals surface area contributed by atoms with Gasteiger partial charge in [0.25, 0.3) is 0 Å². The summed E-state index contributed by atoms with van der Waals surface area (Å²) in [6, 6.07) is 3.53. The van der Waals surface area contributed by atoms with Crippen molar-refractivity contribution in [2.45, 2.75) is 19.9 Å². The molecule has 0 aromatic heterocycles. The van der Waals surface area contributed by atoms with Crippen LogP contribution in [0.1, 0.15) is 24.1 Å². The zero-order valence-electron chi connectivity index (χ0n) is 7.13. The van der Waals surface area contributed by atoms with Gasteiger partial charge in [0.15, 0.2) is 0 Å². The van der Waals surface area contributed by atoms with Gasteiger partial charge in [0, 0.05) is 6.04 Å². The molecule has 1 aromatic rings. The minimum atomic E-state index is -0.0380. The quantitative estimate of drug-likeness (QED) is 0.778. The van der Waals surface area contributed by atoms with E-state index >= 15 is 0 Å². The predicted molar refractivity (Wildman–Crippen MR) is 53.1 cm³/mol. The van der Waals surface area contributed by atoms with Gasteiger partial charge in [-0.2, -0.15) is 0 Å². The lowest BCUT2D eigenvalue weighted by Gasteiger charge is -2.10. The van der Waals surface area contributed by atoms with E-state index in [4.69, 9.17) is 5.73 Å². The Hall–Kier alpha value is -0.540. The van der Waals surface area contributed by atoms with Crippen molar-refractivity contribution in [1.29, 1.82) is 0 Å². The summed E-state index contributed by atoms with van der Waals surface area (Å²) in [5.41, 5.74) is 7.78. The molecule has 1 atom stereocenters. The molecule has 0 aliphatic rings. The third-order valence-electron chi connectivity index (χ3n) is 1.83. The first-order chi connectivity index (χ1) is 5.52. The van der Waals surface area contributed by atoms with Gasteiger partial charge in [0.05, 0.1) is 4.47 Å². The lowest BCUT2D eigenvalue weighted by atomic mass is 10.0. The normalized spacial score (nSPS) is 13.0. The van der Waals surface area contributed by atoms with Crippen LogP contribution in [-0.4, -0.2) is 5.11 Å². The monoisotopic (exact) mass is 229 g/mol. The molecule has 0 amide bonds. The van der Waals surface area contributed by atoms with Crippen molar-refractivity contribution in [3.05, 3.63) is 27.7 Å². The van der Waals surface area contributed by atoms with Crippen molar-refractivity contribution in [2.75, 3.05) is 0 Å². The first-order valence-corrected chi connectivity index (χ1v) is 4.56. The van der Waals surface area contributed by atoms with Crippen LogP contribution in [0.15, 0.2) is 16.6 Å². The van der Waals surface area contributed by atoms with Gasteiger partial charge in [-0.3, -0.25) is 0 Å². The first-order valence-electron chi connectivity index (χ1n) is 3.77. The molecule has 0 saturated heterocycles. The number of aromatic hydroxyl groups is 1. The third kappa shape index (κ3) is 1.79. The van der Waals surface area contributed by atoms with Crippen molar-refractivity contribution in [3.63, 3.8) is 0 Å². The Balaban J connectivity index is 3.23. The van der Waals surface area contributed by atoms with Gasteiger partial charge < -0.3 is 10.8 Å². The van der Waals surface area contributed by atoms with Crippen molar-refractivity contribution in [3.8, 4) is 5.75 Å². The van der Waals surface area contributed by atoms with Crippen LogP contribution < -0.4 is 5.73 Å². The van der Waals surface area contributed by atoms with Crippen LogP contribution in [-0.2, 0) is 0 Å². The second kappa shape index (κ2) is 3.46. The van der Waals surface area contributed by atoms with Crippen LogP contribution in [0.4, 0.5) is 0 Å². The van der Waals surface area contributed by atoms with Crippen LogP contribution in [0.5, 0.6) is 5.75 Å². The Kier molecular flexibility index (Phi) is 2.75. The molecule has 2 nitrogen and oxygen atoms in total. The van der Waals surface area contributed by atoms with Gasteiger partial charge in [0.2, 0.25) is 0 Å². The van der Waals surface area contributed by atoms with E-state index in [1.807, 2.05) is 19.9 Å². The average molecular weight is 230 g/mol. The minimum Gasteiger partial charge on any atom is -0.507 e. The van der Waals surface area contributed by atoms with E-state index < -0.39 is 0 Å². The van der Waals surface area contributed by atoms with Gasteiger partial charge in [-0.05, 0) is 53.0 Å². The van der Waals surface area contributed by atoms with Gasteiger partial charge in [-0.1, -0.05) is 0 Å². The number of hydrogen-bond acceptors (Lipinski definition) is 2. The maximum Gasteiger partial charge on any atom is 0.130 e. The molecule has 12 heavy (non-hydrogen) atoms. The largest absolute Gasteiger partial charge is 0.507 e. The lowest BCUT2D eigenvalue weighted by Crippen LogP contribution is -2.06. The minimum absolute atomic E-state index is 0.0380. The summed E-state index contributed by atoms with van der Waals surface area (Å²) in [6.07, 6.45) is 0. The van der Waals surface area contributed by atoms with E-state index in [0.717, 1.165) is 11.1 Å². The molecule has 0 saturated carbocycles. The van der Waals surface area contributed by atoms with E-state index in [0.29, 0.717) is 4.47 Å². The number of benzene rings is 1. The van der Waals surface area contributed by atoms with Gasteiger partial charge in [-0.15, -0.1) is 0 Å². The molecular formula is C9H12BrNO. The number of hydrogen-bond donors (Lipinski definition) is 2. The van der Waals surface area contributed by atoms with Crippen molar-refractivity contribution in [1.82, 2.24) is 0 Å². The smallest absolute Gasteiger partial charge is 0.130 e. The fourth-order valence-corrected chi connectivity index (χ4v) is 1.63. The van der Waals surface area contributed by atoms with E-state index in [2.05, 4.69) is 15.9 Å². The van der Waals surface area contributed by atoms with Crippen molar-refractivity contribution in [2.24, 2.45) is 5.73 Å². The topological polar surface area (TPSA) is 46.2 Å². The summed E-state index contributed by atoms with van der Waals surface area (Å²) < 4.78 is 0.712. The molecule has 0 radical (unpaired) electrons. The molecule has 66 valence electrons. The summed E-state index contributed by atoms with van der Waals surface area (Å²) >= 11 is 3.24. The van der Waals surface area contributed by atoms with Gasteiger partial charge >= 0.3 is 0 Å². The van der Waals surface area contributed by atoms with E-state index in [9.17, 15) is 5.11 Å². The number of phenolic OH excluding ortho intramolecular Hbond substituents is 1. The van der Waals surface area contributed by atoms with E-state index in [-0.39, 0.29) is 11.8 Å². The zero-order valence-corrected chi connectivity index (χ0v) is 8.72. The summed E-state index contributed by atoms with van der Waals surface area (Å²) in [5, 5.41) is 9.37. The maximum atomic E-state index is 9.37. The highest BCUT2D eigenvalue weighted by Gasteiger charge is 2.07. The number of aryl methyl sites for hydroxylation is 1. The molecule has 1 unspecified atom stereocenters. The second-order valence-electron chi connectivity index (χ2n) is 2.95. The van der Waals surface area contributed by atoms with Crippen LogP contribution in [0.25, 0.3) is 0 Å². The molecule has 1 aromatic carbocycles. The third-order valence-corrected chi connectivity index (χ3v) is 2.46. The summed E-state index contributed by atoms with van der Waals surface area (Å²) in [5.74, 6) is 0.243. The number of rotatable bonds is 1. The number of halogens is 1.